The normalized spacial score (nSPS) is 18.4. The number of nitrogens with one attached hydrogen (secondary N) is 1. The van der Waals surface area contributed by atoms with Crippen LogP contribution >= 0.6 is 27.5 Å². The summed E-state index contributed by atoms with van der Waals surface area (Å²) >= 11 is 9.30. The topological polar surface area (TPSA) is 58.6 Å². The minimum atomic E-state index is -0.614. The van der Waals surface area contributed by atoms with Gasteiger partial charge in [0.25, 0.3) is 5.91 Å². The Balaban J connectivity index is 2.26. The predicted molar refractivity (Wildman–Crippen MR) is 83.5 cm³/mol. The van der Waals surface area contributed by atoms with Gasteiger partial charge in [0.1, 0.15) is 6.04 Å². The van der Waals surface area contributed by atoms with E-state index in [1.54, 1.807) is 18.2 Å². The molecule has 1 N–H and O–H groups in total. The quantitative estimate of drug-likeness (QED) is 0.880. The van der Waals surface area contributed by atoms with Gasteiger partial charge in [-0.05, 0) is 41.1 Å². The third-order valence-corrected chi connectivity index (χ3v) is 4.13. The first-order valence-corrected chi connectivity index (χ1v) is 7.83. The SMILES string of the molecule is CCNC(=O)C1COCCN1C(=O)c1cc(Cl)ccc1Br. The van der Waals surface area contributed by atoms with Crippen LogP contribution in [0.4, 0.5) is 0 Å². The molecule has 21 heavy (non-hydrogen) atoms. The maximum Gasteiger partial charge on any atom is 0.255 e. The van der Waals surface area contributed by atoms with Crippen LogP contribution in [0, 0.1) is 0 Å². The van der Waals surface area contributed by atoms with E-state index in [-0.39, 0.29) is 18.4 Å². The summed E-state index contributed by atoms with van der Waals surface area (Å²) in [6.45, 7) is 3.34. The lowest BCUT2D eigenvalue weighted by atomic mass is 10.1. The summed E-state index contributed by atoms with van der Waals surface area (Å²) in [5.74, 6) is -0.437. The molecule has 0 saturated carbocycles. The summed E-state index contributed by atoms with van der Waals surface area (Å²) in [7, 11) is 0. The minimum absolute atomic E-state index is 0.204. The molecule has 7 heteroatoms. The fourth-order valence-electron chi connectivity index (χ4n) is 2.17. The van der Waals surface area contributed by atoms with Crippen molar-refractivity contribution < 1.29 is 14.3 Å². The molecule has 0 radical (unpaired) electrons. The Labute approximate surface area is 136 Å². The molecule has 114 valence electrons. The Morgan fingerprint density at radius 1 is 1.52 bits per heavy atom. The third kappa shape index (κ3) is 3.75. The highest BCUT2D eigenvalue weighted by Crippen LogP contribution is 2.24. The van der Waals surface area contributed by atoms with E-state index in [0.29, 0.717) is 34.8 Å². The van der Waals surface area contributed by atoms with Gasteiger partial charge in [-0.2, -0.15) is 0 Å². The molecule has 1 aromatic carbocycles. The van der Waals surface area contributed by atoms with Crippen molar-refractivity contribution in [2.45, 2.75) is 13.0 Å². The number of hydrogen-bond acceptors (Lipinski definition) is 3. The molecule has 1 heterocycles. The molecule has 0 aromatic heterocycles. The summed E-state index contributed by atoms with van der Waals surface area (Å²) < 4.78 is 5.98. The van der Waals surface area contributed by atoms with Crippen LogP contribution in [-0.4, -0.2) is 49.1 Å². The number of carbonyl (C=O) groups excluding carboxylic acids is 2. The van der Waals surface area contributed by atoms with Crippen LogP contribution in [0.1, 0.15) is 17.3 Å². The Hall–Kier alpha value is -1.11. The van der Waals surface area contributed by atoms with Gasteiger partial charge in [0.05, 0.1) is 18.8 Å². The van der Waals surface area contributed by atoms with Gasteiger partial charge >= 0.3 is 0 Å². The molecule has 2 amide bonds. The van der Waals surface area contributed by atoms with E-state index < -0.39 is 6.04 Å². The smallest absolute Gasteiger partial charge is 0.255 e. The molecule has 1 aromatic rings. The molecule has 1 saturated heterocycles. The van der Waals surface area contributed by atoms with Crippen LogP contribution in [0.2, 0.25) is 5.02 Å². The summed E-state index contributed by atoms with van der Waals surface area (Å²) in [6.07, 6.45) is 0. The number of benzene rings is 1. The van der Waals surface area contributed by atoms with Gasteiger partial charge in [0.15, 0.2) is 0 Å². The van der Waals surface area contributed by atoms with Crippen molar-refractivity contribution in [1.29, 1.82) is 0 Å². The average Bonchev–Trinajstić information content (AvgIpc) is 2.49. The zero-order valence-electron chi connectivity index (χ0n) is 11.6. The molecule has 1 atom stereocenters. The van der Waals surface area contributed by atoms with Crippen molar-refractivity contribution in [1.82, 2.24) is 10.2 Å². The highest BCUT2D eigenvalue weighted by atomic mass is 79.9. The fraction of sp³-hybridized carbons (Fsp3) is 0.429. The maximum absolute atomic E-state index is 12.7. The molecule has 2 rings (SSSR count). The maximum atomic E-state index is 12.7. The molecular formula is C14H16BrClN2O3. The molecule has 1 aliphatic heterocycles. The van der Waals surface area contributed by atoms with Gasteiger partial charge < -0.3 is 15.0 Å². The predicted octanol–water partition coefficient (Wildman–Crippen LogP) is 2.08. The molecule has 0 aliphatic carbocycles. The lowest BCUT2D eigenvalue weighted by Gasteiger charge is -2.34. The van der Waals surface area contributed by atoms with Crippen LogP contribution < -0.4 is 5.32 Å². The number of amides is 2. The fourth-order valence-corrected chi connectivity index (χ4v) is 2.76. The van der Waals surface area contributed by atoms with E-state index in [2.05, 4.69) is 21.2 Å². The molecule has 1 aliphatic rings. The molecule has 5 nitrogen and oxygen atoms in total. The van der Waals surface area contributed by atoms with Crippen molar-refractivity contribution >= 4 is 39.3 Å². The Morgan fingerprint density at radius 2 is 2.29 bits per heavy atom. The van der Waals surface area contributed by atoms with E-state index in [1.807, 2.05) is 6.92 Å². The van der Waals surface area contributed by atoms with Crippen molar-refractivity contribution in [2.24, 2.45) is 0 Å². The monoisotopic (exact) mass is 374 g/mol. The molecule has 0 spiro atoms. The summed E-state index contributed by atoms with van der Waals surface area (Å²) in [5, 5.41) is 3.20. The van der Waals surface area contributed by atoms with Crippen LogP contribution in [0.3, 0.4) is 0 Å². The first-order valence-electron chi connectivity index (χ1n) is 6.66. The summed E-state index contributed by atoms with van der Waals surface area (Å²) in [5.41, 5.74) is 0.443. The molecule has 1 unspecified atom stereocenters. The summed E-state index contributed by atoms with van der Waals surface area (Å²) in [4.78, 5) is 26.3. The number of rotatable bonds is 3. The van der Waals surface area contributed by atoms with E-state index in [4.69, 9.17) is 16.3 Å². The Morgan fingerprint density at radius 3 is 3.00 bits per heavy atom. The Bertz CT molecular complexity index is 553. The van der Waals surface area contributed by atoms with Crippen LogP contribution in [0.15, 0.2) is 22.7 Å². The van der Waals surface area contributed by atoms with Crippen molar-refractivity contribution in [3.05, 3.63) is 33.3 Å². The second-order valence-corrected chi connectivity index (χ2v) is 5.90. The van der Waals surface area contributed by atoms with Crippen molar-refractivity contribution in [2.75, 3.05) is 26.3 Å². The van der Waals surface area contributed by atoms with Crippen molar-refractivity contribution in [3.63, 3.8) is 0 Å². The van der Waals surface area contributed by atoms with E-state index in [0.717, 1.165) is 0 Å². The number of likely N-dealkylation sites (N-methyl/N-ethyl adjacent to an activating group) is 1. The second kappa shape index (κ2) is 7.24. The molecule has 1 fully saturated rings. The largest absolute Gasteiger partial charge is 0.377 e. The molecule has 0 bridgehead atoms. The Kier molecular flexibility index (Phi) is 5.61. The van der Waals surface area contributed by atoms with E-state index in [1.165, 1.54) is 4.90 Å². The van der Waals surface area contributed by atoms with Gasteiger partial charge in [0, 0.05) is 22.6 Å². The number of ether oxygens (including phenoxy) is 1. The van der Waals surface area contributed by atoms with Crippen molar-refractivity contribution in [3.8, 4) is 0 Å². The van der Waals surface area contributed by atoms with Crippen LogP contribution in [0.5, 0.6) is 0 Å². The van der Waals surface area contributed by atoms with E-state index >= 15 is 0 Å². The zero-order chi connectivity index (χ0) is 15.4. The molecular weight excluding hydrogens is 360 g/mol. The van der Waals surface area contributed by atoms with Gasteiger partial charge in [-0.25, -0.2) is 0 Å². The first kappa shape index (κ1) is 16.3. The number of halogens is 2. The zero-order valence-corrected chi connectivity index (χ0v) is 13.9. The third-order valence-electron chi connectivity index (χ3n) is 3.20. The van der Waals surface area contributed by atoms with Gasteiger partial charge in [0.2, 0.25) is 5.91 Å². The summed E-state index contributed by atoms with van der Waals surface area (Å²) in [6, 6.07) is 4.40. The van der Waals surface area contributed by atoms with Gasteiger partial charge in [-0.15, -0.1) is 0 Å². The highest BCUT2D eigenvalue weighted by molar-refractivity contribution is 9.10. The van der Waals surface area contributed by atoms with Crippen LogP contribution in [-0.2, 0) is 9.53 Å². The lowest BCUT2D eigenvalue weighted by Crippen LogP contribution is -2.55. The van der Waals surface area contributed by atoms with E-state index in [9.17, 15) is 9.59 Å². The minimum Gasteiger partial charge on any atom is -0.377 e. The highest BCUT2D eigenvalue weighted by Gasteiger charge is 2.33. The average molecular weight is 376 g/mol. The van der Waals surface area contributed by atoms with Gasteiger partial charge in [-0.3, -0.25) is 9.59 Å². The van der Waals surface area contributed by atoms with Gasteiger partial charge in [-0.1, -0.05) is 11.6 Å². The number of hydrogen-bond donors (Lipinski definition) is 1. The lowest BCUT2D eigenvalue weighted by molar-refractivity contribution is -0.130. The first-order chi connectivity index (χ1) is 10.0. The number of nitrogens with zero attached hydrogens (tertiary/aromatic N) is 1. The number of carbonyl (C=O) groups is 2. The van der Waals surface area contributed by atoms with Crippen LogP contribution in [0.25, 0.3) is 0 Å². The standard InChI is InChI=1S/C14H16BrClN2O3/c1-2-17-13(19)12-8-21-6-5-18(12)14(20)10-7-9(16)3-4-11(10)15/h3-4,7,12H,2,5-6,8H2,1H3,(H,17,19). The second-order valence-electron chi connectivity index (χ2n) is 4.61. The number of morpholine rings is 1.